The number of nitrogens with zero attached hydrogens (tertiary/aromatic N) is 1. The summed E-state index contributed by atoms with van der Waals surface area (Å²) in [6.45, 7) is 4.89. The van der Waals surface area contributed by atoms with Crippen molar-refractivity contribution in [1.82, 2.24) is 4.98 Å². The van der Waals surface area contributed by atoms with Gasteiger partial charge in [-0.3, -0.25) is 0 Å². The number of rotatable bonds is 10. The number of aliphatic imine (C=N–C) groups is 1. The number of hydrogen-bond acceptors (Lipinski definition) is 4. The van der Waals surface area contributed by atoms with Gasteiger partial charge in [-0.15, -0.1) is 0 Å². The summed E-state index contributed by atoms with van der Waals surface area (Å²) in [6, 6.07) is 7.69. The van der Waals surface area contributed by atoms with Gasteiger partial charge in [0.2, 0.25) is 0 Å². The number of ether oxygens (including phenoxy) is 3. The average Bonchev–Trinajstić information content (AvgIpc) is 2.92. The predicted octanol–water partition coefficient (Wildman–Crippen LogP) is 2.88. The van der Waals surface area contributed by atoms with Crippen molar-refractivity contribution in [1.29, 1.82) is 0 Å². The summed E-state index contributed by atoms with van der Waals surface area (Å²) >= 11 is 0. The summed E-state index contributed by atoms with van der Waals surface area (Å²) in [7, 11) is 0. The number of aromatic amines is 1. The first-order chi connectivity index (χ1) is 10.3. The van der Waals surface area contributed by atoms with E-state index in [0.29, 0.717) is 26.4 Å². The fourth-order valence-corrected chi connectivity index (χ4v) is 1.86. The highest BCUT2D eigenvalue weighted by Crippen LogP contribution is 2.24. The summed E-state index contributed by atoms with van der Waals surface area (Å²) < 4.78 is 27.6. The standard InChI is InChI=1S/C15H19FN2O3/c1-17-15-10-12-2-3-13(11-14(12)18-15)21-9-8-20-7-6-19-5-4-16/h2-3,10-11,18H,1,4-9H2. The van der Waals surface area contributed by atoms with Gasteiger partial charge in [-0.05, 0) is 24.9 Å². The van der Waals surface area contributed by atoms with Crippen molar-refractivity contribution in [3.05, 3.63) is 24.3 Å². The zero-order valence-electron chi connectivity index (χ0n) is 11.8. The van der Waals surface area contributed by atoms with Crippen molar-refractivity contribution in [3.63, 3.8) is 0 Å². The molecule has 6 heteroatoms. The molecule has 2 rings (SSSR count). The first kappa shape index (κ1) is 15.5. The average molecular weight is 294 g/mol. The van der Waals surface area contributed by atoms with Crippen molar-refractivity contribution < 1.29 is 18.6 Å². The van der Waals surface area contributed by atoms with Crippen LogP contribution in [-0.4, -0.2) is 51.4 Å². The van der Waals surface area contributed by atoms with E-state index >= 15 is 0 Å². The zero-order valence-corrected chi connectivity index (χ0v) is 11.8. The third-order valence-corrected chi connectivity index (χ3v) is 2.84. The van der Waals surface area contributed by atoms with E-state index in [1.807, 2.05) is 24.3 Å². The van der Waals surface area contributed by atoms with Gasteiger partial charge in [-0.2, -0.15) is 0 Å². The molecule has 0 aliphatic heterocycles. The van der Waals surface area contributed by atoms with Gasteiger partial charge in [-0.1, -0.05) is 0 Å². The fraction of sp³-hybridized carbons (Fsp3) is 0.400. The van der Waals surface area contributed by atoms with Crippen molar-refractivity contribution in [2.24, 2.45) is 4.99 Å². The summed E-state index contributed by atoms with van der Waals surface area (Å²) in [5.41, 5.74) is 0.954. The van der Waals surface area contributed by atoms with Crippen LogP contribution in [0.25, 0.3) is 10.9 Å². The molecular formula is C15H19FN2O3. The van der Waals surface area contributed by atoms with Crippen molar-refractivity contribution in [2.45, 2.75) is 0 Å². The molecule has 0 fully saturated rings. The first-order valence-electron chi connectivity index (χ1n) is 6.77. The Morgan fingerprint density at radius 1 is 1.05 bits per heavy atom. The molecule has 0 spiro atoms. The molecule has 1 N–H and O–H groups in total. The van der Waals surface area contributed by atoms with Gasteiger partial charge in [0.25, 0.3) is 0 Å². The topological polar surface area (TPSA) is 55.8 Å². The van der Waals surface area contributed by atoms with Crippen LogP contribution in [0.2, 0.25) is 0 Å². The molecule has 0 saturated heterocycles. The van der Waals surface area contributed by atoms with Gasteiger partial charge in [0.1, 0.15) is 24.8 Å². The van der Waals surface area contributed by atoms with Crippen LogP contribution in [0.15, 0.2) is 29.3 Å². The van der Waals surface area contributed by atoms with Crippen LogP contribution in [0.1, 0.15) is 0 Å². The summed E-state index contributed by atoms with van der Waals surface area (Å²) in [5, 5.41) is 1.06. The number of halogens is 1. The van der Waals surface area contributed by atoms with E-state index in [1.54, 1.807) is 0 Å². The SMILES string of the molecule is C=Nc1cc2ccc(OCCOCCOCCF)cc2[nH]1. The van der Waals surface area contributed by atoms with Gasteiger partial charge in [0.05, 0.1) is 31.9 Å². The highest BCUT2D eigenvalue weighted by molar-refractivity contribution is 5.84. The second kappa shape index (κ2) is 8.39. The maximum atomic E-state index is 11.7. The molecule has 0 amide bonds. The highest BCUT2D eigenvalue weighted by atomic mass is 19.1. The Hall–Kier alpha value is -1.92. The number of nitrogens with one attached hydrogen (secondary N) is 1. The van der Waals surface area contributed by atoms with E-state index in [1.165, 1.54) is 0 Å². The van der Waals surface area contributed by atoms with Gasteiger partial charge < -0.3 is 19.2 Å². The molecule has 1 aromatic heterocycles. The van der Waals surface area contributed by atoms with Crippen molar-refractivity contribution in [3.8, 4) is 5.75 Å². The van der Waals surface area contributed by atoms with Crippen LogP contribution in [0.3, 0.4) is 0 Å². The van der Waals surface area contributed by atoms with Crippen LogP contribution >= 0.6 is 0 Å². The lowest BCUT2D eigenvalue weighted by Crippen LogP contribution is -2.11. The minimum atomic E-state index is -0.465. The number of aromatic nitrogens is 1. The number of H-pyrrole nitrogens is 1. The first-order valence-corrected chi connectivity index (χ1v) is 6.77. The van der Waals surface area contributed by atoms with E-state index < -0.39 is 6.67 Å². The van der Waals surface area contributed by atoms with E-state index in [9.17, 15) is 4.39 Å². The molecule has 0 aliphatic rings. The quantitative estimate of drug-likeness (QED) is 0.541. The molecule has 0 radical (unpaired) electrons. The van der Waals surface area contributed by atoms with Crippen LogP contribution in [-0.2, 0) is 9.47 Å². The van der Waals surface area contributed by atoms with Crippen LogP contribution in [0.4, 0.5) is 10.2 Å². The molecule has 21 heavy (non-hydrogen) atoms. The Kier molecular flexibility index (Phi) is 6.18. The molecule has 0 saturated carbocycles. The normalized spacial score (nSPS) is 10.9. The van der Waals surface area contributed by atoms with E-state index in [0.717, 1.165) is 22.5 Å². The molecule has 5 nitrogen and oxygen atoms in total. The Bertz CT molecular complexity index is 571. The Morgan fingerprint density at radius 3 is 2.57 bits per heavy atom. The second-order valence-corrected chi connectivity index (χ2v) is 4.32. The smallest absolute Gasteiger partial charge is 0.130 e. The van der Waals surface area contributed by atoms with E-state index in [4.69, 9.17) is 14.2 Å². The maximum absolute atomic E-state index is 11.7. The molecule has 0 aliphatic carbocycles. The van der Waals surface area contributed by atoms with Crippen LogP contribution in [0, 0.1) is 0 Å². The zero-order chi connectivity index (χ0) is 14.9. The van der Waals surface area contributed by atoms with Gasteiger partial charge in [0, 0.05) is 11.5 Å². The van der Waals surface area contributed by atoms with Gasteiger partial charge in [-0.25, -0.2) is 9.38 Å². The molecule has 1 aromatic carbocycles. The highest BCUT2D eigenvalue weighted by Gasteiger charge is 2.01. The van der Waals surface area contributed by atoms with Crippen molar-refractivity contribution >= 4 is 23.4 Å². The van der Waals surface area contributed by atoms with Crippen molar-refractivity contribution in [2.75, 3.05) is 39.7 Å². The maximum Gasteiger partial charge on any atom is 0.130 e. The molecular weight excluding hydrogens is 275 g/mol. The largest absolute Gasteiger partial charge is 0.491 e. The molecule has 114 valence electrons. The lowest BCUT2D eigenvalue weighted by Gasteiger charge is -2.07. The van der Waals surface area contributed by atoms with E-state index in [2.05, 4.69) is 16.7 Å². The predicted molar refractivity (Wildman–Crippen MR) is 80.6 cm³/mol. The minimum absolute atomic E-state index is 0.123. The van der Waals surface area contributed by atoms with E-state index in [-0.39, 0.29) is 6.61 Å². The number of alkyl halides is 1. The Balaban J connectivity index is 1.70. The Labute approximate surface area is 122 Å². The van der Waals surface area contributed by atoms with Crippen LogP contribution in [0.5, 0.6) is 5.75 Å². The molecule has 2 aromatic rings. The van der Waals surface area contributed by atoms with Gasteiger partial charge >= 0.3 is 0 Å². The molecule has 0 unspecified atom stereocenters. The fourth-order valence-electron chi connectivity index (χ4n) is 1.86. The van der Waals surface area contributed by atoms with Gasteiger partial charge in [0.15, 0.2) is 0 Å². The lowest BCUT2D eigenvalue weighted by atomic mass is 10.2. The summed E-state index contributed by atoms with van der Waals surface area (Å²) in [4.78, 5) is 6.98. The third-order valence-electron chi connectivity index (χ3n) is 2.84. The second-order valence-electron chi connectivity index (χ2n) is 4.32. The monoisotopic (exact) mass is 294 g/mol. The minimum Gasteiger partial charge on any atom is -0.491 e. The van der Waals surface area contributed by atoms with Crippen LogP contribution < -0.4 is 4.74 Å². The number of fused-ring (bicyclic) bond motifs is 1. The number of benzene rings is 1. The summed E-state index contributed by atoms with van der Waals surface area (Å²) in [5.74, 6) is 1.50. The molecule has 0 atom stereocenters. The Morgan fingerprint density at radius 2 is 1.81 bits per heavy atom. The molecule has 0 bridgehead atoms. The third kappa shape index (κ3) is 4.84. The lowest BCUT2D eigenvalue weighted by molar-refractivity contribution is 0.0325. The number of hydrogen-bond donors (Lipinski definition) is 1. The molecule has 1 heterocycles. The summed E-state index contributed by atoms with van der Waals surface area (Å²) in [6.07, 6.45) is 0.